The highest BCUT2D eigenvalue weighted by Crippen LogP contribution is 2.25. The van der Waals surface area contributed by atoms with E-state index in [0.717, 1.165) is 25.9 Å². The average Bonchev–Trinajstić information content (AvgIpc) is 2.34. The fourth-order valence-electron chi connectivity index (χ4n) is 2.34. The molecule has 2 atom stereocenters. The SMILES string of the molecule is CCC1CN(c2ncnc(C)c2F)CCC1N. The first-order chi connectivity index (χ1) is 8.13. The van der Waals surface area contributed by atoms with Gasteiger partial charge >= 0.3 is 0 Å². The van der Waals surface area contributed by atoms with Gasteiger partial charge in [-0.25, -0.2) is 14.4 Å². The summed E-state index contributed by atoms with van der Waals surface area (Å²) in [5.41, 5.74) is 6.45. The molecule has 2 rings (SSSR count). The average molecular weight is 238 g/mol. The van der Waals surface area contributed by atoms with E-state index < -0.39 is 0 Å². The van der Waals surface area contributed by atoms with Crippen molar-refractivity contribution in [1.29, 1.82) is 0 Å². The van der Waals surface area contributed by atoms with Crippen LogP contribution in [0.25, 0.3) is 0 Å². The van der Waals surface area contributed by atoms with Crippen molar-refractivity contribution in [3.8, 4) is 0 Å². The van der Waals surface area contributed by atoms with Crippen molar-refractivity contribution in [2.24, 2.45) is 11.7 Å². The molecule has 0 radical (unpaired) electrons. The molecule has 0 bridgehead atoms. The molecule has 2 unspecified atom stereocenters. The van der Waals surface area contributed by atoms with Gasteiger partial charge in [0.05, 0.1) is 5.69 Å². The summed E-state index contributed by atoms with van der Waals surface area (Å²) < 4.78 is 13.9. The highest BCUT2D eigenvalue weighted by molar-refractivity contribution is 5.41. The van der Waals surface area contributed by atoms with Gasteiger partial charge in [-0.05, 0) is 19.3 Å². The molecule has 0 amide bonds. The molecule has 0 aromatic carbocycles. The molecule has 94 valence electrons. The Morgan fingerprint density at radius 3 is 3.00 bits per heavy atom. The molecule has 1 aromatic heterocycles. The molecule has 1 aliphatic heterocycles. The van der Waals surface area contributed by atoms with Crippen molar-refractivity contribution in [3.63, 3.8) is 0 Å². The Hall–Kier alpha value is -1.23. The zero-order chi connectivity index (χ0) is 12.4. The van der Waals surface area contributed by atoms with Crippen LogP contribution in [0.3, 0.4) is 0 Å². The zero-order valence-electron chi connectivity index (χ0n) is 10.4. The normalized spacial score (nSPS) is 25.1. The van der Waals surface area contributed by atoms with Crippen LogP contribution in [-0.4, -0.2) is 29.1 Å². The second-order valence-electron chi connectivity index (χ2n) is 4.66. The van der Waals surface area contributed by atoms with Crippen molar-refractivity contribution in [2.45, 2.75) is 32.7 Å². The van der Waals surface area contributed by atoms with Gasteiger partial charge in [-0.1, -0.05) is 13.3 Å². The highest BCUT2D eigenvalue weighted by atomic mass is 19.1. The van der Waals surface area contributed by atoms with Crippen LogP contribution in [-0.2, 0) is 0 Å². The third-order valence-electron chi connectivity index (χ3n) is 3.56. The maximum Gasteiger partial charge on any atom is 0.186 e. The minimum atomic E-state index is -0.308. The molecule has 1 aliphatic rings. The lowest BCUT2D eigenvalue weighted by Gasteiger charge is -2.37. The Balaban J connectivity index is 2.20. The summed E-state index contributed by atoms with van der Waals surface area (Å²) in [5.74, 6) is 0.527. The Bertz CT molecular complexity index is 396. The van der Waals surface area contributed by atoms with E-state index >= 15 is 0 Å². The molecule has 5 heteroatoms. The van der Waals surface area contributed by atoms with E-state index in [4.69, 9.17) is 5.73 Å². The van der Waals surface area contributed by atoms with Crippen LogP contribution in [0.2, 0.25) is 0 Å². The number of hydrogen-bond donors (Lipinski definition) is 1. The third kappa shape index (κ3) is 2.39. The number of aromatic nitrogens is 2. The highest BCUT2D eigenvalue weighted by Gasteiger charge is 2.27. The minimum Gasteiger partial charge on any atom is -0.354 e. The number of piperidine rings is 1. The molecular formula is C12H19FN4. The maximum absolute atomic E-state index is 13.9. The van der Waals surface area contributed by atoms with Gasteiger partial charge in [0.25, 0.3) is 0 Å². The third-order valence-corrected chi connectivity index (χ3v) is 3.56. The van der Waals surface area contributed by atoms with E-state index in [-0.39, 0.29) is 11.9 Å². The van der Waals surface area contributed by atoms with Gasteiger partial charge in [0, 0.05) is 19.1 Å². The van der Waals surface area contributed by atoms with Crippen LogP contribution in [0, 0.1) is 18.7 Å². The van der Waals surface area contributed by atoms with Crippen molar-refractivity contribution in [2.75, 3.05) is 18.0 Å². The minimum absolute atomic E-state index is 0.224. The molecule has 1 fully saturated rings. The lowest BCUT2D eigenvalue weighted by Crippen LogP contribution is -2.47. The number of hydrogen-bond acceptors (Lipinski definition) is 4. The second kappa shape index (κ2) is 4.96. The molecule has 4 nitrogen and oxygen atoms in total. The van der Waals surface area contributed by atoms with E-state index in [1.165, 1.54) is 6.33 Å². The number of halogens is 1. The van der Waals surface area contributed by atoms with Crippen LogP contribution < -0.4 is 10.6 Å². The van der Waals surface area contributed by atoms with E-state index in [1.807, 2.05) is 4.90 Å². The maximum atomic E-state index is 13.9. The van der Waals surface area contributed by atoms with E-state index in [9.17, 15) is 4.39 Å². The second-order valence-corrected chi connectivity index (χ2v) is 4.66. The Morgan fingerprint density at radius 2 is 2.29 bits per heavy atom. The standard InChI is InChI=1S/C12H19FN4/c1-3-9-6-17(5-4-10(9)14)12-11(13)8(2)15-7-16-12/h7,9-10H,3-6,14H2,1-2H3. The predicted octanol–water partition coefficient (Wildman–Crippen LogP) is 1.49. The fourth-order valence-corrected chi connectivity index (χ4v) is 2.34. The molecule has 0 saturated carbocycles. The van der Waals surface area contributed by atoms with Crippen molar-refractivity contribution in [1.82, 2.24) is 9.97 Å². The van der Waals surface area contributed by atoms with E-state index in [1.54, 1.807) is 6.92 Å². The molecule has 17 heavy (non-hydrogen) atoms. The van der Waals surface area contributed by atoms with Crippen molar-refractivity contribution in [3.05, 3.63) is 17.8 Å². The Labute approximate surface area is 101 Å². The van der Waals surface area contributed by atoms with Crippen LogP contribution in [0.1, 0.15) is 25.5 Å². The molecular weight excluding hydrogens is 219 g/mol. The predicted molar refractivity (Wildman–Crippen MR) is 65.3 cm³/mol. The van der Waals surface area contributed by atoms with Gasteiger partial charge in [0.2, 0.25) is 0 Å². The van der Waals surface area contributed by atoms with Crippen LogP contribution in [0.5, 0.6) is 0 Å². The Morgan fingerprint density at radius 1 is 1.53 bits per heavy atom. The number of nitrogens with zero attached hydrogens (tertiary/aromatic N) is 3. The quantitative estimate of drug-likeness (QED) is 0.848. The lowest BCUT2D eigenvalue weighted by molar-refractivity contribution is 0.344. The summed E-state index contributed by atoms with van der Waals surface area (Å²) in [6.07, 6.45) is 3.33. The summed E-state index contributed by atoms with van der Waals surface area (Å²) in [4.78, 5) is 9.89. The monoisotopic (exact) mass is 238 g/mol. The molecule has 1 aromatic rings. The number of anilines is 1. The van der Waals surface area contributed by atoms with Gasteiger partial charge in [-0.2, -0.15) is 0 Å². The number of aryl methyl sites for hydroxylation is 1. The topological polar surface area (TPSA) is 55.0 Å². The lowest BCUT2D eigenvalue weighted by atomic mass is 9.91. The van der Waals surface area contributed by atoms with Gasteiger partial charge in [0.1, 0.15) is 6.33 Å². The zero-order valence-corrected chi connectivity index (χ0v) is 10.4. The smallest absolute Gasteiger partial charge is 0.186 e. The summed E-state index contributed by atoms with van der Waals surface area (Å²) in [6.45, 7) is 5.33. The number of nitrogens with two attached hydrogens (primary N) is 1. The van der Waals surface area contributed by atoms with Crippen molar-refractivity contribution >= 4 is 5.82 Å². The summed E-state index contributed by atoms with van der Waals surface area (Å²) in [6, 6.07) is 0.224. The van der Waals surface area contributed by atoms with Gasteiger partial charge in [0.15, 0.2) is 11.6 Å². The van der Waals surface area contributed by atoms with Crippen LogP contribution in [0.4, 0.5) is 10.2 Å². The van der Waals surface area contributed by atoms with E-state index in [2.05, 4.69) is 16.9 Å². The summed E-state index contributed by atoms with van der Waals surface area (Å²) in [7, 11) is 0. The van der Waals surface area contributed by atoms with Crippen LogP contribution >= 0.6 is 0 Å². The summed E-state index contributed by atoms with van der Waals surface area (Å²) >= 11 is 0. The number of rotatable bonds is 2. The molecule has 2 heterocycles. The Kier molecular flexibility index (Phi) is 3.57. The molecule has 1 saturated heterocycles. The van der Waals surface area contributed by atoms with Gasteiger partial charge in [-0.3, -0.25) is 0 Å². The molecule has 2 N–H and O–H groups in total. The van der Waals surface area contributed by atoms with Gasteiger partial charge in [-0.15, -0.1) is 0 Å². The molecule has 0 spiro atoms. The molecule has 0 aliphatic carbocycles. The van der Waals surface area contributed by atoms with Crippen molar-refractivity contribution < 1.29 is 4.39 Å². The van der Waals surface area contributed by atoms with Crippen LogP contribution in [0.15, 0.2) is 6.33 Å². The van der Waals surface area contributed by atoms with Gasteiger partial charge < -0.3 is 10.6 Å². The first kappa shape index (κ1) is 12.2. The first-order valence-electron chi connectivity index (χ1n) is 6.11. The first-order valence-corrected chi connectivity index (χ1v) is 6.11. The largest absolute Gasteiger partial charge is 0.354 e. The fraction of sp³-hybridized carbons (Fsp3) is 0.667. The van der Waals surface area contributed by atoms with E-state index in [0.29, 0.717) is 17.4 Å². The summed E-state index contributed by atoms with van der Waals surface area (Å²) in [5, 5.41) is 0.